The van der Waals surface area contributed by atoms with Crippen LogP contribution in [0.15, 0.2) is 77.9 Å². The highest BCUT2D eigenvalue weighted by molar-refractivity contribution is 5.72. The first-order valence-corrected chi connectivity index (χ1v) is 7.55. The van der Waals surface area contributed by atoms with Gasteiger partial charge in [0.2, 0.25) is 0 Å². The summed E-state index contributed by atoms with van der Waals surface area (Å²) >= 11 is 0. The van der Waals surface area contributed by atoms with Gasteiger partial charge < -0.3 is 4.74 Å². The van der Waals surface area contributed by atoms with E-state index in [1.807, 2.05) is 30.3 Å². The number of carbonyl (C=O) groups excluding carboxylic acids is 1. The monoisotopic (exact) mass is 320 g/mol. The predicted molar refractivity (Wildman–Crippen MR) is 89.8 cm³/mol. The van der Waals surface area contributed by atoms with Gasteiger partial charge in [0.15, 0.2) is 0 Å². The highest BCUT2D eigenvalue weighted by atomic mass is 16.5. The molecule has 0 saturated carbocycles. The summed E-state index contributed by atoms with van der Waals surface area (Å²) in [5, 5.41) is 0. The summed E-state index contributed by atoms with van der Waals surface area (Å²) in [6.07, 6.45) is 3.17. The molecule has 0 saturated heterocycles. The number of rotatable bonds is 5. The lowest BCUT2D eigenvalue weighted by molar-refractivity contribution is -0.144. The van der Waals surface area contributed by atoms with E-state index in [-0.39, 0.29) is 18.6 Å². The molecule has 1 aromatic carbocycles. The summed E-state index contributed by atoms with van der Waals surface area (Å²) in [5.41, 5.74) is 1.01. The fourth-order valence-corrected chi connectivity index (χ4v) is 2.29. The van der Waals surface area contributed by atoms with Gasteiger partial charge in [0, 0.05) is 18.0 Å². The lowest BCUT2D eigenvalue weighted by Crippen LogP contribution is -2.24. The van der Waals surface area contributed by atoms with E-state index in [0.717, 1.165) is 5.56 Å². The number of esters is 1. The molecule has 0 aliphatic rings. The molecule has 0 atom stereocenters. The average molecular weight is 320 g/mol. The van der Waals surface area contributed by atoms with Crippen molar-refractivity contribution in [2.45, 2.75) is 13.0 Å². The van der Waals surface area contributed by atoms with Crippen LogP contribution in [0, 0.1) is 0 Å². The first-order valence-electron chi connectivity index (χ1n) is 7.55. The van der Waals surface area contributed by atoms with Crippen molar-refractivity contribution in [2.75, 3.05) is 0 Å². The van der Waals surface area contributed by atoms with Crippen LogP contribution in [0.4, 0.5) is 0 Å². The summed E-state index contributed by atoms with van der Waals surface area (Å²) in [7, 11) is 0. The number of pyridine rings is 2. The molecule has 3 rings (SSSR count). The van der Waals surface area contributed by atoms with Gasteiger partial charge >= 0.3 is 5.97 Å². The number of nitrogens with zero attached hydrogens (tertiary/aromatic N) is 2. The zero-order valence-corrected chi connectivity index (χ0v) is 13.0. The van der Waals surface area contributed by atoms with Crippen molar-refractivity contribution in [2.24, 2.45) is 0 Å². The van der Waals surface area contributed by atoms with Gasteiger partial charge in [-0.1, -0.05) is 42.5 Å². The Morgan fingerprint density at radius 3 is 2.54 bits per heavy atom. The topological polar surface area (TPSA) is 61.2 Å². The molecule has 0 fully saturated rings. The fourth-order valence-electron chi connectivity index (χ4n) is 2.29. The maximum absolute atomic E-state index is 12.5. The second-order valence-corrected chi connectivity index (χ2v) is 5.22. The van der Waals surface area contributed by atoms with Crippen LogP contribution in [-0.2, 0) is 22.6 Å². The lowest BCUT2D eigenvalue weighted by atomic mass is 10.2. The first kappa shape index (κ1) is 15.7. The normalized spacial score (nSPS) is 10.3. The van der Waals surface area contributed by atoms with E-state index in [1.54, 1.807) is 42.7 Å². The van der Waals surface area contributed by atoms with Crippen LogP contribution in [0.3, 0.4) is 0 Å². The molecule has 0 amide bonds. The molecule has 0 unspecified atom stereocenters. The van der Waals surface area contributed by atoms with Gasteiger partial charge in [-0.05, 0) is 23.8 Å². The minimum absolute atomic E-state index is 0.0701. The molecule has 5 heteroatoms. The van der Waals surface area contributed by atoms with Crippen molar-refractivity contribution in [3.8, 4) is 5.82 Å². The molecular formula is C19H16N2O3. The van der Waals surface area contributed by atoms with Crippen LogP contribution in [-0.4, -0.2) is 15.5 Å². The van der Waals surface area contributed by atoms with Crippen LogP contribution in [0.1, 0.15) is 11.1 Å². The van der Waals surface area contributed by atoms with Crippen molar-refractivity contribution in [1.29, 1.82) is 0 Å². The smallest absolute Gasteiger partial charge is 0.310 e. The van der Waals surface area contributed by atoms with E-state index in [9.17, 15) is 9.59 Å². The van der Waals surface area contributed by atoms with Gasteiger partial charge in [0.1, 0.15) is 12.4 Å². The van der Waals surface area contributed by atoms with E-state index in [0.29, 0.717) is 11.4 Å². The van der Waals surface area contributed by atoms with Crippen molar-refractivity contribution in [1.82, 2.24) is 9.55 Å². The SMILES string of the molecule is O=C(Cc1cccn(-c2ccccn2)c1=O)OCc1ccccc1. The summed E-state index contributed by atoms with van der Waals surface area (Å²) in [5.74, 6) is 0.0803. The Morgan fingerprint density at radius 2 is 1.79 bits per heavy atom. The third-order valence-corrected chi connectivity index (χ3v) is 3.50. The Kier molecular flexibility index (Phi) is 4.81. The van der Waals surface area contributed by atoms with Crippen molar-refractivity contribution < 1.29 is 9.53 Å². The highest BCUT2D eigenvalue weighted by Gasteiger charge is 2.11. The molecule has 5 nitrogen and oxygen atoms in total. The Labute approximate surface area is 139 Å². The van der Waals surface area contributed by atoms with Crippen molar-refractivity contribution in [3.05, 3.63) is 94.5 Å². The number of hydrogen-bond donors (Lipinski definition) is 0. The van der Waals surface area contributed by atoms with E-state index in [2.05, 4.69) is 4.98 Å². The Hall–Kier alpha value is -3.21. The minimum Gasteiger partial charge on any atom is -0.461 e. The van der Waals surface area contributed by atoms with E-state index < -0.39 is 5.97 Å². The summed E-state index contributed by atoms with van der Waals surface area (Å²) < 4.78 is 6.65. The molecule has 2 aromatic heterocycles. The van der Waals surface area contributed by atoms with Gasteiger partial charge in [-0.15, -0.1) is 0 Å². The number of carbonyl (C=O) groups is 1. The molecule has 3 aromatic rings. The van der Waals surface area contributed by atoms with Crippen molar-refractivity contribution >= 4 is 5.97 Å². The zero-order chi connectivity index (χ0) is 16.8. The summed E-state index contributed by atoms with van der Waals surface area (Å²) in [6, 6.07) is 18.1. The van der Waals surface area contributed by atoms with Gasteiger partial charge in [-0.25, -0.2) is 4.98 Å². The Bertz CT molecular complexity index is 874. The van der Waals surface area contributed by atoms with Gasteiger partial charge in [-0.3, -0.25) is 14.2 Å². The average Bonchev–Trinajstić information content (AvgIpc) is 2.63. The number of aromatic nitrogens is 2. The molecule has 0 N–H and O–H groups in total. The van der Waals surface area contributed by atoms with Crippen molar-refractivity contribution in [3.63, 3.8) is 0 Å². The number of benzene rings is 1. The van der Waals surface area contributed by atoms with Gasteiger partial charge in [0.05, 0.1) is 6.42 Å². The first-order chi connectivity index (χ1) is 11.7. The molecule has 0 aliphatic carbocycles. The second kappa shape index (κ2) is 7.37. The maximum atomic E-state index is 12.5. The van der Waals surface area contributed by atoms with E-state index in [1.165, 1.54) is 4.57 Å². The van der Waals surface area contributed by atoms with Gasteiger partial charge in [-0.2, -0.15) is 0 Å². The van der Waals surface area contributed by atoms with E-state index >= 15 is 0 Å². The molecular weight excluding hydrogens is 304 g/mol. The molecule has 24 heavy (non-hydrogen) atoms. The molecule has 120 valence electrons. The Balaban J connectivity index is 1.71. The standard InChI is InChI=1S/C19H16N2O3/c22-18(24-14-15-7-2-1-3-8-15)13-16-9-6-12-21(19(16)23)17-10-4-5-11-20-17/h1-12H,13-14H2. The maximum Gasteiger partial charge on any atom is 0.310 e. The number of ether oxygens (including phenoxy) is 1. The molecule has 0 aliphatic heterocycles. The van der Waals surface area contributed by atoms with Crippen LogP contribution in [0.2, 0.25) is 0 Å². The summed E-state index contributed by atoms with van der Waals surface area (Å²) in [6.45, 7) is 0.195. The largest absolute Gasteiger partial charge is 0.461 e. The Morgan fingerprint density at radius 1 is 1.00 bits per heavy atom. The summed E-state index contributed by atoms with van der Waals surface area (Å²) in [4.78, 5) is 28.6. The molecule has 0 radical (unpaired) electrons. The predicted octanol–water partition coefficient (Wildman–Crippen LogP) is 2.52. The molecule has 2 heterocycles. The third-order valence-electron chi connectivity index (χ3n) is 3.50. The van der Waals surface area contributed by atoms with Crippen LogP contribution in [0.5, 0.6) is 0 Å². The second-order valence-electron chi connectivity index (χ2n) is 5.22. The number of hydrogen-bond acceptors (Lipinski definition) is 4. The van der Waals surface area contributed by atoms with Crippen LogP contribution in [0.25, 0.3) is 5.82 Å². The highest BCUT2D eigenvalue weighted by Crippen LogP contribution is 2.04. The zero-order valence-electron chi connectivity index (χ0n) is 13.0. The molecule has 0 bridgehead atoms. The third kappa shape index (κ3) is 3.76. The van der Waals surface area contributed by atoms with Crippen LogP contribution < -0.4 is 5.56 Å². The van der Waals surface area contributed by atoms with Crippen LogP contribution >= 0.6 is 0 Å². The minimum atomic E-state index is -0.435. The molecule has 0 spiro atoms. The van der Waals surface area contributed by atoms with E-state index in [4.69, 9.17) is 4.74 Å². The quantitative estimate of drug-likeness (QED) is 0.678. The van der Waals surface area contributed by atoms with Gasteiger partial charge in [0.25, 0.3) is 5.56 Å². The lowest BCUT2D eigenvalue weighted by Gasteiger charge is -2.08. The fraction of sp³-hybridized carbons (Fsp3) is 0.105.